The normalized spacial score (nSPS) is 34.1. The van der Waals surface area contributed by atoms with E-state index >= 15 is 0 Å². The minimum atomic E-state index is 0.457. The number of amidine groups is 1. The first-order chi connectivity index (χ1) is 8.83. The van der Waals surface area contributed by atoms with Crippen molar-refractivity contribution in [2.75, 3.05) is 6.54 Å². The molecule has 0 saturated heterocycles. The maximum atomic E-state index is 4.74. The summed E-state index contributed by atoms with van der Waals surface area (Å²) < 4.78 is 0. The molecule has 0 aromatic rings. The number of rotatable bonds is 2. The maximum absolute atomic E-state index is 4.74. The summed E-state index contributed by atoms with van der Waals surface area (Å²) in [4.78, 5) is 4.74. The number of hydrogen-bond donors (Lipinski definition) is 1. The van der Waals surface area contributed by atoms with Gasteiger partial charge in [-0.05, 0) is 48.9 Å². The zero-order valence-corrected chi connectivity index (χ0v) is 13.6. The Hall–Kier alpha value is -0.180. The summed E-state index contributed by atoms with van der Waals surface area (Å²) in [5.41, 5.74) is 0.915. The number of hydrogen-bond acceptors (Lipinski definition) is 3. The Bertz CT molecular complexity index is 366. The molecular weight excluding hydrogens is 252 g/mol. The van der Waals surface area contributed by atoms with Gasteiger partial charge in [0.25, 0.3) is 0 Å². The molecule has 19 heavy (non-hydrogen) atoms. The molecule has 0 radical (unpaired) electrons. The Morgan fingerprint density at radius 2 is 1.74 bits per heavy atom. The SMILES string of the molecule is CC1(C)CC(NC2=NCC(C3CC3)S2)CC(C)(C)C1. The van der Waals surface area contributed by atoms with Gasteiger partial charge in [-0.1, -0.05) is 39.5 Å². The second-order valence-electron chi connectivity index (χ2n) is 8.39. The monoisotopic (exact) mass is 280 g/mol. The van der Waals surface area contributed by atoms with Gasteiger partial charge in [0.1, 0.15) is 0 Å². The van der Waals surface area contributed by atoms with Crippen molar-refractivity contribution >= 4 is 16.9 Å². The molecule has 2 fully saturated rings. The minimum Gasteiger partial charge on any atom is -0.362 e. The van der Waals surface area contributed by atoms with Gasteiger partial charge in [0.05, 0.1) is 6.54 Å². The van der Waals surface area contributed by atoms with E-state index in [0.717, 1.165) is 17.7 Å². The third-order valence-corrected chi connectivity index (χ3v) is 6.02. The van der Waals surface area contributed by atoms with Gasteiger partial charge in [0, 0.05) is 11.3 Å². The van der Waals surface area contributed by atoms with Crippen molar-refractivity contribution in [3.8, 4) is 0 Å². The van der Waals surface area contributed by atoms with Crippen LogP contribution in [0.25, 0.3) is 0 Å². The highest BCUT2D eigenvalue weighted by molar-refractivity contribution is 8.14. The standard InChI is InChI=1S/C16H28N2S/c1-15(2)7-12(8-16(3,4)10-15)18-14-17-9-13(19-14)11-5-6-11/h11-13H,5-10H2,1-4H3,(H,17,18). The van der Waals surface area contributed by atoms with Gasteiger partial charge in [-0.15, -0.1) is 0 Å². The van der Waals surface area contributed by atoms with Crippen LogP contribution in [0.15, 0.2) is 4.99 Å². The molecule has 2 aliphatic carbocycles. The van der Waals surface area contributed by atoms with Crippen molar-refractivity contribution in [3.63, 3.8) is 0 Å². The van der Waals surface area contributed by atoms with Crippen LogP contribution in [0.1, 0.15) is 59.8 Å². The summed E-state index contributed by atoms with van der Waals surface area (Å²) in [6.45, 7) is 10.7. The summed E-state index contributed by atoms with van der Waals surface area (Å²) >= 11 is 2.01. The first-order valence-electron chi connectivity index (χ1n) is 7.81. The molecule has 1 aliphatic heterocycles. The Morgan fingerprint density at radius 3 is 2.32 bits per heavy atom. The second kappa shape index (κ2) is 4.68. The summed E-state index contributed by atoms with van der Waals surface area (Å²) in [5, 5.41) is 5.77. The van der Waals surface area contributed by atoms with Gasteiger partial charge in [-0.3, -0.25) is 4.99 Å². The molecule has 108 valence electrons. The van der Waals surface area contributed by atoms with E-state index < -0.39 is 0 Å². The molecule has 3 heteroatoms. The summed E-state index contributed by atoms with van der Waals surface area (Å²) in [6, 6.07) is 0.614. The van der Waals surface area contributed by atoms with E-state index in [4.69, 9.17) is 4.99 Å². The number of thioether (sulfide) groups is 1. The summed E-state index contributed by atoms with van der Waals surface area (Å²) in [5.74, 6) is 0.965. The fourth-order valence-corrected chi connectivity index (χ4v) is 5.59. The van der Waals surface area contributed by atoms with E-state index in [-0.39, 0.29) is 0 Å². The van der Waals surface area contributed by atoms with Crippen LogP contribution in [0, 0.1) is 16.7 Å². The maximum Gasteiger partial charge on any atom is 0.157 e. The lowest BCUT2D eigenvalue weighted by Gasteiger charge is -2.45. The molecule has 0 aromatic heterocycles. The molecule has 1 heterocycles. The molecule has 3 rings (SSSR count). The topological polar surface area (TPSA) is 24.4 Å². The van der Waals surface area contributed by atoms with E-state index in [2.05, 4.69) is 33.0 Å². The van der Waals surface area contributed by atoms with Gasteiger partial charge in [-0.25, -0.2) is 0 Å². The molecule has 0 aromatic carbocycles. The van der Waals surface area contributed by atoms with Crippen molar-refractivity contribution in [2.45, 2.75) is 71.1 Å². The fraction of sp³-hybridized carbons (Fsp3) is 0.938. The van der Waals surface area contributed by atoms with E-state index in [1.165, 1.54) is 37.3 Å². The van der Waals surface area contributed by atoms with Crippen molar-refractivity contribution in [1.82, 2.24) is 5.32 Å². The van der Waals surface area contributed by atoms with Crippen LogP contribution in [-0.4, -0.2) is 23.0 Å². The van der Waals surface area contributed by atoms with E-state index in [9.17, 15) is 0 Å². The zero-order valence-electron chi connectivity index (χ0n) is 12.8. The van der Waals surface area contributed by atoms with E-state index in [1.807, 2.05) is 11.8 Å². The Kier molecular flexibility index (Phi) is 3.40. The molecule has 2 nitrogen and oxygen atoms in total. The highest BCUT2D eigenvalue weighted by atomic mass is 32.2. The zero-order chi connectivity index (χ0) is 13.7. The Balaban J connectivity index is 1.57. The van der Waals surface area contributed by atoms with Crippen molar-refractivity contribution in [2.24, 2.45) is 21.7 Å². The lowest BCUT2D eigenvalue weighted by atomic mass is 9.63. The van der Waals surface area contributed by atoms with Crippen LogP contribution in [0.2, 0.25) is 0 Å². The lowest BCUT2D eigenvalue weighted by molar-refractivity contribution is 0.0925. The molecule has 1 unspecified atom stereocenters. The van der Waals surface area contributed by atoms with Crippen LogP contribution < -0.4 is 5.32 Å². The Labute approximate surface area is 122 Å². The highest BCUT2D eigenvalue weighted by Gasteiger charge is 2.40. The molecule has 0 spiro atoms. The van der Waals surface area contributed by atoms with E-state index in [1.54, 1.807) is 0 Å². The molecule has 0 bridgehead atoms. The Morgan fingerprint density at radius 1 is 1.11 bits per heavy atom. The number of nitrogens with one attached hydrogen (secondary N) is 1. The smallest absolute Gasteiger partial charge is 0.157 e. The first kappa shape index (κ1) is 13.8. The first-order valence-corrected chi connectivity index (χ1v) is 8.69. The van der Waals surface area contributed by atoms with Crippen LogP contribution in [0.5, 0.6) is 0 Å². The number of nitrogens with zero attached hydrogens (tertiary/aromatic N) is 1. The van der Waals surface area contributed by atoms with E-state index in [0.29, 0.717) is 16.9 Å². The average molecular weight is 280 g/mol. The van der Waals surface area contributed by atoms with Crippen LogP contribution in [0.4, 0.5) is 0 Å². The van der Waals surface area contributed by atoms with Crippen molar-refractivity contribution in [3.05, 3.63) is 0 Å². The molecule has 2 saturated carbocycles. The quantitative estimate of drug-likeness (QED) is 0.825. The molecular formula is C16H28N2S. The second-order valence-corrected chi connectivity index (χ2v) is 9.62. The van der Waals surface area contributed by atoms with Crippen LogP contribution in [0.3, 0.4) is 0 Å². The molecule has 1 atom stereocenters. The average Bonchev–Trinajstić information content (AvgIpc) is 2.96. The predicted octanol–water partition coefficient (Wildman–Crippen LogP) is 4.06. The van der Waals surface area contributed by atoms with Gasteiger partial charge in [0.2, 0.25) is 0 Å². The number of aliphatic imine (C=N–C) groups is 1. The largest absolute Gasteiger partial charge is 0.362 e. The highest BCUT2D eigenvalue weighted by Crippen LogP contribution is 2.46. The van der Waals surface area contributed by atoms with Gasteiger partial charge in [-0.2, -0.15) is 0 Å². The molecule has 3 aliphatic rings. The minimum absolute atomic E-state index is 0.457. The van der Waals surface area contributed by atoms with Gasteiger partial charge in [0.15, 0.2) is 5.17 Å². The summed E-state index contributed by atoms with van der Waals surface area (Å²) in [6.07, 6.45) is 6.77. The molecule has 1 N–H and O–H groups in total. The lowest BCUT2D eigenvalue weighted by Crippen LogP contribution is -2.45. The molecule has 0 amide bonds. The van der Waals surface area contributed by atoms with Crippen LogP contribution in [-0.2, 0) is 0 Å². The fourth-order valence-electron chi connectivity index (χ4n) is 4.31. The third kappa shape index (κ3) is 3.48. The third-order valence-electron chi connectivity index (χ3n) is 4.71. The van der Waals surface area contributed by atoms with Crippen molar-refractivity contribution < 1.29 is 0 Å². The van der Waals surface area contributed by atoms with Crippen molar-refractivity contribution in [1.29, 1.82) is 0 Å². The predicted molar refractivity (Wildman–Crippen MR) is 84.7 cm³/mol. The van der Waals surface area contributed by atoms with Crippen LogP contribution >= 0.6 is 11.8 Å². The van der Waals surface area contributed by atoms with Gasteiger partial charge >= 0.3 is 0 Å². The van der Waals surface area contributed by atoms with Gasteiger partial charge < -0.3 is 5.32 Å². The summed E-state index contributed by atoms with van der Waals surface area (Å²) in [7, 11) is 0.